The first-order valence-electron chi connectivity index (χ1n) is 9.98. The van der Waals surface area contributed by atoms with E-state index in [0.29, 0.717) is 45.6 Å². The van der Waals surface area contributed by atoms with E-state index in [1.165, 1.54) is 4.52 Å². The minimum atomic E-state index is -0.241. The molecule has 32 heavy (non-hydrogen) atoms. The molecule has 1 aromatic carbocycles. The molecule has 4 aromatic heterocycles. The monoisotopic (exact) mass is 445 g/mol. The van der Waals surface area contributed by atoms with Crippen LogP contribution < -0.4 is 16.2 Å². The van der Waals surface area contributed by atoms with Crippen molar-refractivity contribution >= 4 is 40.0 Å². The third kappa shape index (κ3) is 2.73. The first kappa shape index (κ1) is 18.7. The Bertz CT molecular complexity index is 1550. The first-order valence-corrected chi connectivity index (χ1v) is 10.4. The molecule has 10 nitrogen and oxygen atoms in total. The molecule has 1 saturated heterocycles. The Morgan fingerprint density at radius 3 is 2.66 bits per heavy atom. The Morgan fingerprint density at radius 2 is 1.88 bits per heavy atom. The molecule has 0 unspecified atom stereocenters. The standard InChI is InChI=1S/C21H16ClN9O/c22-13-6-11-30-16(13)20(32)31(12-4-2-1-3-5-12)18(28-30)14-7-10-29(14)19-15-17(25-9-8-24-15)26-21(23)27-19/h1-6,8-9,11,14H,7,10H2,(H2,23,25,26,27)/t14-/m0/s1. The van der Waals surface area contributed by atoms with Crippen molar-refractivity contribution in [3.05, 3.63) is 76.2 Å². The lowest BCUT2D eigenvalue weighted by atomic mass is 10.0. The fourth-order valence-electron chi connectivity index (χ4n) is 4.06. The lowest BCUT2D eigenvalue weighted by molar-refractivity contribution is 0.424. The lowest BCUT2D eigenvalue weighted by Gasteiger charge is -2.41. The maximum Gasteiger partial charge on any atom is 0.284 e. The molecule has 0 spiro atoms. The summed E-state index contributed by atoms with van der Waals surface area (Å²) in [6, 6.07) is 10.8. The van der Waals surface area contributed by atoms with Gasteiger partial charge in [-0.05, 0) is 24.6 Å². The molecule has 11 heteroatoms. The molecule has 5 heterocycles. The van der Waals surface area contributed by atoms with Crippen LogP contribution in [0.4, 0.5) is 11.8 Å². The van der Waals surface area contributed by atoms with Gasteiger partial charge in [-0.2, -0.15) is 15.1 Å². The molecule has 6 rings (SSSR count). The zero-order chi connectivity index (χ0) is 21.8. The number of para-hydroxylation sites is 1. The summed E-state index contributed by atoms with van der Waals surface area (Å²) >= 11 is 6.29. The minimum Gasteiger partial charge on any atom is -0.368 e. The van der Waals surface area contributed by atoms with Gasteiger partial charge in [-0.25, -0.2) is 14.5 Å². The summed E-state index contributed by atoms with van der Waals surface area (Å²) in [5.41, 5.74) is 7.70. The number of aromatic nitrogens is 7. The highest BCUT2D eigenvalue weighted by molar-refractivity contribution is 6.33. The summed E-state index contributed by atoms with van der Waals surface area (Å²) in [6.07, 6.45) is 5.60. The van der Waals surface area contributed by atoms with Crippen molar-refractivity contribution in [3.63, 3.8) is 0 Å². The molecule has 0 bridgehead atoms. The average molecular weight is 446 g/mol. The van der Waals surface area contributed by atoms with Crippen LogP contribution in [-0.2, 0) is 0 Å². The number of hydrogen-bond acceptors (Lipinski definition) is 8. The molecule has 158 valence electrons. The van der Waals surface area contributed by atoms with Crippen molar-refractivity contribution in [3.8, 4) is 5.69 Å². The van der Waals surface area contributed by atoms with Gasteiger partial charge in [0.25, 0.3) is 5.56 Å². The number of halogens is 1. The fraction of sp³-hybridized carbons (Fsp3) is 0.143. The Hall–Kier alpha value is -4.05. The van der Waals surface area contributed by atoms with Crippen LogP contribution in [0.1, 0.15) is 18.3 Å². The van der Waals surface area contributed by atoms with Gasteiger partial charge in [0.1, 0.15) is 5.52 Å². The zero-order valence-electron chi connectivity index (χ0n) is 16.6. The Balaban J connectivity index is 1.57. The van der Waals surface area contributed by atoms with E-state index in [0.717, 1.165) is 6.42 Å². The second-order valence-electron chi connectivity index (χ2n) is 7.42. The van der Waals surface area contributed by atoms with E-state index < -0.39 is 0 Å². The van der Waals surface area contributed by atoms with Crippen molar-refractivity contribution in [1.29, 1.82) is 0 Å². The van der Waals surface area contributed by atoms with Crippen LogP contribution in [0.5, 0.6) is 0 Å². The van der Waals surface area contributed by atoms with E-state index in [1.54, 1.807) is 29.2 Å². The van der Waals surface area contributed by atoms with E-state index in [1.807, 2.05) is 35.2 Å². The van der Waals surface area contributed by atoms with E-state index in [4.69, 9.17) is 22.4 Å². The number of anilines is 2. The van der Waals surface area contributed by atoms with Crippen LogP contribution in [0.15, 0.2) is 59.8 Å². The molecule has 0 radical (unpaired) electrons. The van der Waals surface area contributed by atoms with Gasteiger partial charge in [-0.15, -0.1) is 0 Å². The van der Waals surface area contributed by atoms with E-state index in [9.17, 15) is 4.79 Å². The Kier molecular flexibility index (Phi) is 4.08. The van der Waals surface area contributed by atoms with Crippen molar-refractivity contribution < 1.29 is 0 Å². The van der Waals surface area contributed by atoms with Crippen molar-refractivity contribution in [2.45, 2.75) is 12.5 Å². The second kappa shape index (κ2) is 6.99. The average Bonchev–Trinajstić information content (AvgIpc) is 3.14. The van der Waals surface area contributed by atoms with Gasteiger partial charge < -0.3 is 10.6 Å². The van der Waals surface area contributed by atoms with Gasteiger partial charge in [0.15, 0.2) is 22.8 Å². The first-order chi connectivity index (χ1) is 15.6. The quantitative estimate of drug-likeness (QED) is 0.449. The molecule has 0 saturated carbocycles. The van der Waals surface area contributed by atoms with E-state index >= 15 is 0 Å². The maximum absolute atomic E-state index is 13.5. The van der Waals surface area contributed by atoms with Gasteiger partial charge >= 0.3 is 0 Å². The fourth-order valence-corrected chi connectivity index (χ4v) is 4.29. The topological polar surface area (TPSA) is 120 Å². The maximum atomic E-state index is 13.5. The summed E-state index contributed by atoms with van der Waals surface area (Å²) < 4.78 is 3.14. The normalized spacial score (nSPS) is 15.9. The summed E-state index contributed by atoms with van der Waals surface area (Å²) in [5, 5.41) is 5.13. The van der Waals surface area contributed by atoms with Gasteiger partial charge in [0.05, 0.1) is 16.8 Å². The van der Waals surface area contributed by atoms with Crippen LogP contribution in [-0.4, -0.2) is 40.7 Å². The number of nitrogens with zero attached hydrogens (tertiary/aromatic N) is 8. The van der Waals surface area contributed by atoms with Crippen LogP contribution in [0, 0.1) is 0 Å². The minimum absolute atomic E-state index is 0.111. The highest BCUT2D eigenvalue weighted by Crippen LogP contribution is 2.38. The number of hydrogen-bond donors (Lipinski definition) is 1. The molecule has 0 amide bonds. The van der Waals surface area contributed by atoms with Gasteiger partial charge in [-0.3, -0.25) is 9.36 Å². The Morgan fingerprint density at radius 1 is 1.06 bits per heavy atom. The van der Waals surface area contributed by atoms with Crippen molar-refractivity contribution in [2.24, 2.45) is 0 Å². The molecule has 1 atom stereocenters. The number of benzene rings is 1. The highest BCUT2D eigenvalue weighted by atomic mass is 35.5. The molecule has 0 aliphatic carbocycles. The SMILES string of the molecule is Nc1nc(N2CC[C@H]2c2nn3ccc(Cl)c3c(=O)n2-c2ccccc2)c2nccnc2n1. The van der Waals surface area contributed by atoms with Crippen LogP contribution in [0.25, 0.3) is 22.4 Å². The van der Waals surface area contributed by atoms with E-state index in [2.05, 4.69) is 19.9 Å². The molecule has 1 aliphatic heterocycles. The lowest BCUT2D eigenvalue weighted by Crippen LogP contribution is -2.45. The van der Waals surface area contributed by atoms with Crippen LogP contribution in [0.2, 0.25) is 5.02 Å². The summed E-state index contributed by atoms with van der Waals surface area (Å²) in [7, 11) is 0. The van der Waals surface area contributed by atoms with Gasteiger partial charge in [0.2, 0.25) is 5.95 Å². The van der Waals surface area contributed by atoms with Crippen LogP contribution in [0.3, 0.4) is 0 Å². The number of nitrogen functional groups attached to an aromatic ring is 1. The summed E-state index contributed by atoms with van der Waals surface area (Å²) in [5.74, 6) is 1.25. The molecule has 2 N–H and O–H groups in total. The highest BCUT2D eigenvalue weighted by Gasteiger charge is 2.37. The molecule has 1 fully saturated rings. The predicted molar refractivity (Wildman–Crippen MR) is 120 cm³/mol. The number of fused-ring (bicyclic) bond motifs is 2. The molecule has 5 aromatic rings. The van der Waals surface area contributed by atoms with Crippen molar-refractivity contribution in [1.82, 2.24) is 34.1 Å². The smallest absolute Gasteiger partial charge is 0.284 e. The summed E-state index contributed by atoms with van der Waals surface area (Å²) in [4.78, 5) is 32.8. The zero-order valence-corrected chi connectivity index (χ0v) is 17.4. The molecular formula is C21H16ClN9O. The molecule has 1 aliphatic rings. The third-order valence-electron chi connectivity index (χ3n) is 5.60. The third-order valence-corrected chi connectivity index (χ3v) is 5.90. The van der Waals surface area contributed by atoms with Gasteiger partial charge in [-0.1, -0.05) is 29.8 Å². The second-order valence-corrected chi connectivity index (χ2v) is 7.83. The number of rotatable bonds is 3. The molecular weight excluding hydrogens is 430 g/mol. The summed E-state index contributed by atoms with van der Waals surface area (Å²) in [6.45, 7) is 0.696. The Labute approximate surface area is 185 Å². The number of nitrogens with two attached hydrogens (primary N) is 1. The van der Waals surface area contributed by atoms with Crippen molar-refractivity contribution in [2.75, 3.05) is 17.2 Å². The van der Waals surface area contributed by atoms with E-state index in [-0.39, 0.29) is 17.5 Å². The van der Waals surface area contributed by atoms with Crippen LogP contribution >= 0.6 is 11.6 Å². The van der Waals surface area contributed by atoms with Gasteiger partial charge in [0, 0.05) is 25.1 Å². The predicted octanol–water partition coefficient (Wildman–Crippen LogP) is 2.41. The largest absolute Gasteiger partial charge is 0.368 e.